The van der Waals surface area contributed by atoms with Gasteiger partial charge in [0.15, 0.2) is 0 Å². The number of nitrogens with zero attached hydrogens (tertiary/aromatic N) is 2. The summed E-state index contributed by atoms with van der Waals surface area (Å²) in [5.41, 5.74) is 0.298. The SMILES string of the molecule is CCC(CC)C(C)NC(=O)c1cnc(Cl)cn1. The molecule has 1 atom stereocenters. The van der Waals surface area contributed by atoms with E-state index in [-0.39, 0.29) is 17.1 Å². The van der Waals surface area contributed by atoms with Crippen molar-refractivity contribution in [2.24, 2.45) is 5.92 Å². The monoisotopic (exact) mass is 255 g/mol. The Kier molecular flexibility index (Phi) is 5.35. The summed E-state index contributed by atoms with van der Waals surface area (Å²) in [5, 5.41) is 3.22. The van der Waals surface area contributed by atoms with Crippen LogP contribution in [0.15, 0.2) is 12.4 Å². The second-order valence-corrected chi connectivity index (χ2v) is 4.45. The molecular weight excluding hydrogens is 238 g/mol. The predicted octanol–water partition coefficient (Wildman–Crippen LogP) is 2.68. The fourth-order valence-corrected chi connectivity index (χ4v) is 1.92. The summed E-state index contributed by atoms with van der Waals surface area (Å²) in [6, 6.07) is 0.134. The third-order valence-corrected chi connectivity index (χ3v) is 3.16. The minimum absolute atomic E-state index is 0.134. The Hall–Kier alpha value is -1.16. The first kappa shape index (κ1) is 13.9. The highest BCUT2D eigenvalue weighted by Gasteiger charge is 2.17. The van der Waals surface area contributed by atoms with Gasteiger partial charge in [0.25, 0.3) is 5.91 Å². The zero-order valence-corrected chi connectivity index (χ0v) is 11.2. The lowest BCUT2D eigenvalue weighted by atomic mass is 9.95. The number of hydrogen-bond acceptors (Lipinski definition) is 3. The molecule has 0 aliphatic rings. The van der Waals surface area contributed by atoms with Crippen LogP contribution in [0.25, 0.3) is 0 Å². The number of carbonyl (C=O) groups is 1. The highest BCUT2D eigenvalue weighted by atomic mass is 35.5. The first-order valence-corrected chi connectivity index (χ1v) is 6.24. The van der Waals surface area contributed by atoms with Crippen molar-refractivity contribution in [1.82, 2.24) is 15.3 Å². The summed E-state index contributed by atoms with van der Waals surface area (Å²) in [6.07, 6.45) is 4.85. The number of hydrogen-bond donors (Lipinski definition) is 1. The zero-order chi connectivity index (χ0) is 12.8. The van der Waals surface area contributed by atoms with E-state index in [1.54, 1.807) is 0 Å². The van der Waals surface area contributed by atoms with Gasteiger partial charge in [0.2, 0.25) is 0 Å². The van der Waals surface area contributed by atoms with Crippen molar-refractivity contribution >= 4 is 17.5 Å². The van der Waals surface area contributed by atoms with Crippen molar-refractivity contribution in [1.29, 1.82) is 0 Å². The molecular formula is C12H18ClN3O. The van der Waals surface area contributed by atoms with Crippen molar-refractivity contribution in [3.05, 3.63) is 23.2 Å². The maximum absolute atomic E-state index is 11.8. The molecule has 0 saturated heterocycles. The Morgan fingerprint density at radius 3 is 2.47 bits per heavy atom. The number of carbonyl (C=O) groups excluding carboxylic acids is 1. The van der Waals surface area contributed by atoms with E-state index in [0.717, 1.165) is 12.8 Å². The molecule has 0 bridgehead atoms. The Morgan fingerprint density at radius 2 is 2.00 bits per heavy atom. The van der Waals surface area contributed by atoms with E-state index in [4.69, 9.17) is 11.6 Å². The number of nitrogens with one attached hydrogen (secondary N) is 1. The molecule has 0 aliphatic carbocycles. The molecule has 1 unspecified atom stereocenters. The van der Waals surface area contributed by atoms with E-state index < -0.39 is 0 Å². The average Bonchev–Trinajstić information content (AvgIpc) is 2.31. The van der Waals surface area contributed by atoms with Crippen molar-refractivity contribution in [2.75, 3.05) is 0 Å². The third-order valence-electron chi connectivity index (χ3n) is 2.97. The molecule has 4 nitrogen and oxygen atoms in total. The maximum atomic E-state index is 11.8. The number of aromatic nitrogens is 2. The van der Waals surface area contributed by atoms with Gasteiger partial charge in [-0.15, -0.1) is 0 Å². The molecule has 0 aliphatic heterocycles. The summed E-state index contributed by atoms with van der Waals surface area (Å²) in [4.78, 5) is 19.6. The van der Waals surface area contributed by atoms with E-state index in [0.29, 0.717) is 11.6 Å². The summed E-state index contributed by atoms with van der Waals surface area (Å²) < 4.78 is 0. The first-order chi connectivity index (χ1) is 8.08. The van der Waals surface area contributed by atoms with Crippen LogP contribution in [0.1, 0.15) is 44.1 Å². The van der Waals surface area contributed by atoms with Crippen LogP contribution in [0.5, 0.6) is 0 Å². The van der Waals surface area contributed by atoms with Crippen LogP contribution in [0, 0.1) is 5.92 Å². The van der Waals surface area contributed by atoms with Gasteiger partial charge in [0, 0.05) is 6.04 Å². The molecule has 1 heterocycles. The Labute approximate surface area is 107 Å². The van der Waals surface area contributed by atoms with Crippen LogP contribution in [0.4, 0.5) is 0 Å². The molecule has 94 valence electrons. The van der Waals surface area contributed by atoms with Crippen molar-refractivity contribution in [3.63, 3.8) is 0 Å². The van der Waals surface area contributed by atoms with E-state index in [1.807, 2.05) is 6.92 Å². The first-order valence-electron chi connectivity index (χ1n) is 5.86. The lowest BCUT2D eigenvalue weighted by molar-refractivity contribution is 0.0919. The van der Waals surface area contributed by atoms with Crippen LogP contribution < -0.4 is 5.32 Å². The van der Waals surface area contributed by atoms with Crippen LogP contribution in [-0.4, -0.2) is 21.9 Å². The Balaban J connectivity index is 2.62. The topological polar surface area (TPSA) is 54.9 Å². The van der Waals surface area contributed by atoms with Gasteiger partial charge in [-0.2, -0.15) is 0 Å². The Morgan fingerprint density at radius 1 is 1.35 bits per heavy atom. The smallest absolute Gasteiger partial charge is 0.271 e. The summed E-state index contributed by atoms with van der Waals surface area (Å²) in [6.45, 7) is 6.26. The molecule has 1 amide bonds. The number of amides is 1. The van der Waals surface area contributed by atoms with Gasteiger partial charge in [-0.3, -0.25) is 4.79 Å². The molecule has 1 aromatic heterocycles. The van der Waals surface area contributed by atoms with Gasteiger partial charge >= 0.3 is 0 Å². The van der Waals surface area contributed by atoms with Crippen molar-refractivity contribution in [3.8, 4) is 0 Å². The highest BCUT2D eigenvalue weighted by Crippen LogP contribution is 2.13. The molecule has 1 rings (SSSR count). The fourth-order valence-electron chi connectivity index (χ4n) is 1.82. The van der Waals surface area contributed by atoms with E-state index in [9.17, 15) is 4.79 Å². The second kappa shape index (κ2) is 6.55. The molecule has 17 heavy (non-hydrogen) atoms. The van der Waals surface area contributed by atoms with Gasteiger partial charge in [0.05, 0.1) is 12.4 Å². The molecule has 0 spiro atoms. The van der Waals surface area contributed by atoms with E-state index in [2.05, 4.69) is 29.1 Å². The molecule has 1 N–H and O–H groups in total. The quantitative estimate of drug-likeness (QED) is 0.880. The molecule has 0 aromatic carbocycles. The Bertz CT molecular complexity index is 363. The molecule has 5 heteroatoms. The van der Waals surface area contributed by atoms with Crippen LogP contribution in [0.3, 0.4) is 0 Å². The molecule has 0 fully saturated rings. The van der Waals surface area contributed by atoms with Crippen LogP contribution in [-0.2, 0) is 0 Å². The molecule has 0 saturated carbocycles. The average molecular weight is 256 g/mol. The third kappa shape index (κ3) is 3.97. The summed E-state index contributed by atoms with van der Waals surface area (Å²) >= 11 is 5.61. The van der Waals surface area contributed by atoms with Gasteiger partial charge in [-0.25, -0.2) is 9.97 Å². The van der Waals surface area contributed by atoms with Crippen molar-refractivity contribution in [2.45, 2.75) is 39.7 Å². The van der Waals surface area contributed by atoms with E-state index >= 15 is 0 Å². The zero-order valence-electron chi connectivity index (χ0n) is 10.4. The summed E-state index contributed by atoms with van der Waals surface area (Å²) in [7, 11) is 0. The lowest BCUT2D eigenvalue weighted by Gasteiger charge is -2.22. The number of halogens is 1. The number of rotatable bonds is 5. The standard InChI is InChI=1S/C12H18ClN3O/c1-4-9(5-2)8(3)16-12(17)10-6-15-11(13)7-14-10/h6-9H,4-5H2,1-3H3,(H,16,17). The van der Waals surface area contributed by atoms with Crippen LogP contribution in [0.2, 0.25) is 5.15 Å². The molecule has 0 radical (unpaired) electrons. The van der Waals surface area contributed by atoms with Crippen molar-refractivity contribution < 1.29 is 4.79 Å². The normalized spacial score (nSPS) is 12.5. The van der Waals surface area contributed by atoms with Gasteiger partial charge < -0.3 is 5.32 Å². The maximum Gasteiger partial charge on any atom is 0.271 e. The largest absolute Gasteiger partial charge is 0.348 e. The van der Waals surface area contributed by atoms with Gasteiger partial charge in [-0.1, -0.05) is 38.3 Å². The fraction of sp³-hybridized carbons (Fsp3) is 0.583. The highest BCUT2D eigenvalue weighted by molar-refractivity contribution is 6.29. The second-order valence-electron chi connectivity index (χ2n) is 4.06. The minimum Gasteiger partial charge on any atom is -0.348 e. The minimum atomic E-state index is -0.200. The molecule has 1 aromatic rings. The van der Waals surface area contributed by atoms with Gasteiger partial charge in [0.1, 0.15) is 10.8 Å². The van der Waals surface area contributed by atoms with Gasteiger partial charge in [-0.05, 0) is 12.8 Å². The predicted molar refractivity (Wildman–Crippen MR) is 68.0 cm³/mol. The van der Waals surface area contributed by atoms with Crippen LogP contribution >= 0.6 is 11.6 Å². The lowest BCUT2D eigenvalue weighted by Crippen LogP contribution is -2.38. The van der Waals surface area contributed by atoms with E-state index in [1.165, 1.54) is 12.4 Å². The summed E-state index contributed by atoms with van der Waals surface area (Å²) in [5.74, 6) is 0.285.